The zero-order valence-electron chi connectivity index (χ0n) is 18.4. The van der Waals surface area contributed by atoms with Crippen molar-refractivity contribution in [1.82, 2.24) is 9.97 Å². The first-order valence-corrected chi connectivity index (χ1v) is 11.1. The molecule has 4 aromatic rings. The number of rotatable bonds is 10. The Balaban J connectivity index is 1.50. The molecule has 6 nitrogen and oxygen atoms in total. The van der Waals surface area contributed by atoms with Crippen LogP contribution in [0.4, 0.5) is 11.5 Å². The van der Waals surface area contributed by atoms with E-state index in [-0.39, 0.29) is 5.69 Å². The van der Waals surface area contributed by atoms with Gasteiger partial charge in [0, 0.05) is 36.0 Å². The lowest BCUT2D eigenvalue weighted by Gasteiger charge is -2.11. The van der Waals surface area contributed by atoms with Gasteiger partial charge >= 0.3 is 0 Å². The Morgan fingerprint density at radius 2 is 1.39 bits per heavy atom. The fraction of sp³-hybridized carbons (Fsp3) is 0.185. The van der Waals surface area contributed by atoms with Crippen molar-refractivity contribution in [2.24, 2.45) is 0 Å². The smallest absolute Gasteiger partial charge is 0.269 e. The van der Waals surface area contributed by atoms with Crippen molar-refractivity contribution >= 4 is 11.5 Å². The maximum Gasteiger partial charge on any atom is 0.269 e. The summed E-state index contributed by atoms with van der Waals surface area (Å²) in [7, 11) is 0. The van der Waals surface area contributed by atoms with Crippen LogP contribution in [0.5, 0.6) is 0 Å². The molecule has 0 aliphatic rings. The molecule has 0 atom stereocenters. The topological polar surface area (TPSA) is 81.0 Å². The highest BCUT2D eigenvalue weighted by Crippen LogP contribution is 2.22. The van der Waals surface area contributed by atoms with Crippen LogP contribution in [0.1, 0.15) is 23.2 Å². The average Bonchev–Trinajstić information content (AvgIpc) is 2.85. The molecule has 3 aromatic carbocycles. The Labute approximate surface area is 193 Å². The SMILES string of the molecule is O=[N+]([O-])c1ccc(-c2nc(CCCc3ccccc3)cc(NCCc3ccccc3)n2)cc1. The lowest BCUT2D eigenvalue weighted by Crippen LogP contribution is -2.08. The monoisotopic (exact) mass is 438 g/mol. The third-order valence-corrected chi connectivity index (χ3v) is 5.42. The zero-order chi connectivity index (χ0) is 22.9. The van der Waals surface area contributed by atoms with E-state index in [0.717, 1.165) is 49.3 Å². The van der Waals surface area contributed by atoms with Crippen molar-refractivity contribution in [2.75, 3.05) is 11.9 Å². The molecule has 0 aliphatic carbocycles. The summed E-state index contributed by atoms with van der Waals surface area (Å²) >= 11 is 0. The molecular formula is C27H26N4O2. The molecule has 166 valence electrons. The van der Waals surface area contributed by atoms with E-state index < -0.39 is 4.92 Å². The van der Waals surface area contributed by atoms with Crippen LogP contribution in [-0.2, 0) is 19.3 Å². The molecule has 0 aliphatic heterocycles. The number of nitrogens with one attached hydrogen (secondary N) is 1. The normalized spacial score (nSPS) is 10.7. The van der Waals surface area contributed by atoms with Gasteiger partial charge in [0.25, 0.3) is 5.69 Å². The number of hydrogen-bond acceptors (Lipinski definition) is 5. The minimum absolute atomic E-state index is 0.0546. The third kappa shape index (κ3) is 6.46. The second-order valence-corrected chi connectivity index (χ2v) is 7.87. The molecule has 0 amide bonds. The molecule has 1 heterocycles. The van der Waals surface area contributed by atoms with Crippen molar-refractivity contribution in [1.29, 1.82) is 0 Å². The molecule has 0 saturated heterocycles. The van der Waals surface area contributed by atoms with Gasteiger partial charge in [0.15, 0.2) is 5.82 Å². The number of anilines is 1. The Morgan fingerprint density at radius 1 is 0.758 bits per heavy atom. The second kappa shape index (κ2) is 11.0. The summed E-state index contributed by atoms with van der Waals surface area (Å²) < 4.78 is 0. The number of non-ortho nitro benzene ring substituents is 1. The van der Waals surface area contributed by atoms with Crippen LogP contribution in [0.15, 0.2) is 91.0 Å². The van der Waals surface area contributed by atoms with E-state index in [1.54, 1.807) is 12.1 Å². The lowest BCUT2D eigenvalue weighted by atomic mass is 10.1. The fourth-order valence-electron chi connectivity index (χ4n) is 3.68. The van der Waals surface area contributed by atoms with Crippen molar-refractivity contribution < 1.29 is 4.92 Å². The van der Waals surface area contributed by atoms with Crippen LogP contribution in [0.25, 0.3) is 11.4 Å². The first-order valence-electron chi connectivity index (χ1n) is 11.1. The van der Waals surface area contributed by atoms with Gasteiger partial charge in [-0.15, -0.1) is 0 Å². The maximum absolute atomic E-state index is 11.0. The summed E-state index contributed by atoms with van der Waals surface area (Å²) in [6, 6.07) is 29.1. The van der Waals surface area contributed by atoms with Crippen LogP contribution in [-0.4, -0.2) is 21.4 Å². The summed E-state index contributed by atoms with van der Waals surface area (Å²) in [5.74, 6) is 1.34. The van der Waals surface area contributed by atoms with Crippen LogP contribution in [0.3, 0.4) is 0 Å². The standard InChI is InChI=1S/C27H26N4O2/c32-31(33)25-16-14-23(15-17-25)27-29-24(13-7-12-21-8-3-1-4-9-21)20-26(30-27)28-19-18-22-10-5-2-6-11-22/h1-6,8-11,14-17,20H,7,12-13,18-19H2,(H,28,29,30). The number of aryl methyl sites for hydroxylation is 2. The predicted octanol–water partition coefficient (Wildman–Crippen LogP) is 5.88. The summed E-state index contributed by atoms with van der Waals surface area (Å²) in [5, 5.41) is 14.4. The molecule has 4 rings (SSSR count). The molecule has 6 heteroatoms. The number of hydrogen-bond donors (Lipinski definition) is 1. The third-order valence-electron chi connectivity index (χ3n) is 5.42. The molecule has 33 heavy (non-hydrogen) atoms. The molecule has 0 bridgehead atoms. The van der Waals surface area contributed by atoms with Gasteiger partial charge in [-0.3, -0.25) is 10.1 Å². The Kier molecular flexibility index (Phi) is 7.38. The summed E-state index contributed by atoms with van der Waals surface area (Å²) in [6.45, 7) is 0.754. The van der Waals surface area contributed by atoms with E-state index in [4.69, 9.17) is 4.98 Å². The Morgan fingerprint density at radius 3 is 2.03 bits per heavy atom. The van der Waals surface area contributed by atoms with E-state index in [2.05, 4.69) is 46.7 Å². The highest BCUT2D eigenvalue weighted by atomic mass is 16.6. The minimum atomic E-state index is -0.402. The van der Waals surface area contributed by atoms with E-state index in [1.165, 1.54) is 23.3 Å². The van der Waals surface area contributed by atoms with Crippen LogP contribution < -0.4 is 5.32 Å². The molecule has 1 aromatic heterocycles. The van der Waals surface area contributed by atoms with Gasteiger partial charge in [-0.25, -0.2) is 9.97 Å². The van der Waals surface area contributed by atoms with Crippen LogP contribution >= 0.6 is 0 Å². The number of nitrogens with zero attached hydrogens (tertiary/aromatic N) is 3. The largest absolute Gasteiger partial charge is 0.370 e. The van der Waals surface area contributed by atoms with E-state index in [9.17, 15) is 10.1 Å². The quantitative estimate of drug-likeness (QED) is 0.247. The average molecular weight is 439 g/mol. The minimum Gasteiger partial charge on any atom is -0.370 e. The molecule has 1 N–H and O–H groups in total. The molecule has 0 spiro atoms. The fourth-order valence-corrected chi connectivity index (χ4v) is 3.68. The highest BCUT2D eigenvalue weighted by Gasteiger charge is 2.10. The number of nitro benzene ring substituents is 1. The summed E-state index contributed by atoms with van der Waals surface area (Å²) in [4.78, 5) is 20.0. The molecule has 0 fully saturated rings. The van der Waals surface area contributed by atoms with Crippen molar-refractivity contribution in [3.8, 4) is 11.4 Å². The maximum atomic E-state index is 11.0. The first-order chi connectivity index (χ1) is 16.2. The van der Waals surface area contributed by atoms with Gasteiger partial charge in [0.1, 0.15) is 5.82 Å². The summed E-state index contributed by atoms with van der Waals surface area (Å²) in [6.07, 6.45) is 3.67. The van der Waals surface area contributed by atoms with Gasteiger partial charge in [0.2, 0.25) is 0 Å². The van der Waals surface area contributed by atoms with Gasteiger partial charge in [-0.05, 0) is 48.9 Å². The molecular weight excluding hydrogens is 412 g/mol. The number of nitro groups is 1. The van der Waals surface area contributed by atoms with E-state index in [1.807, 2.05) is 30.3 Å². The van der Waals surface area contributed by atoms with E-state index >= 15 is 0 Å². The van der Waals surface area contributed by atoms with Crippen molar-refractivity contribution in [2.45, 2.75) is 25.7 Å². The van der Waals surface area contributed by atoms with Gasteiger partial charge in [-0.1, -0.05) is 60.7 Å². The molecule has 0 radical (unpaired) electrons. The Bertz CT molecular complexity index is 1120. The number of benzene rings is 3. The second-order valence-electron chi connectivity index (χ2n) is 7.87. The van der Waals surface area contributed by atoms with Crippen molar-refractivity contribution in [3.63, 3.8) is 0 Å². The van der Waals surface area contributed by atoms with E-state index in [0.29, 0.717) is 5.82 Å². The predicted molar refractivity (Wildman–Crippen MR) is 131 cm³/mol. The van der Waals surface area contributed by atoms with Gasteiger partial charge in [-0.2, -0.15) is 0 Å². The first kappa shape index (κ1) is 22.1. The lowest BCUT2D eigenvalue weighted by molar-refractivity contribution is -0.384. The zero-order valence-corrected chi connectivity index (χ0v) is 18.4. The van der Waals surface area contributed by atoms with Gasteiger partial charge in [0.05, 0.1) is 4.92 Å². The molecule has 0 unspecified atom stereocenters. The highest BCUT2D eigenvalue weighted by molar-refractivity contribution is 5.59. The van der Waals surface area contributed by atoms with Crippen molar-refractivity contribution in [3.05, 3.63) is 118 Å². The number of aromatic nitrogens is 2. The Hall–Kier alpha value is -4.06. The van der Waals surface area contributed by atoms with Crippen LogP contribution in [0.2, 0.25) is 0 Å². The molecule has 0 saturated carbocycles. The van der Waals surface area contributed by atoms with Crippen LogP contribution in [0, 0.1) is 10.1 Å². The summed E-state index contributed by atoms with van der Waals surface area (Å²) in [5.41, 5.74) is 4.34. The van der Waals surface area contributed by atoms with Gasteiger partial charge < -0.3 is 5.32 Å².